The fourth-order valence-corrected chi connectivity index (χ4v) is 9.12. The summed E-state index contributed by atoms with van der Waals surface area (Å²) in [5, 5.41) is 27.3. The van der Waals surface area contributed by atoms with Crippen molar-refractivity contribution in [1.29, 1.82) is 0 Å². The van der Waals surface area contributed by atoms with Crippen LogP contribution in [0.1, 0.15) is 114 Å². The first-order valence-electron chi connectivity index (χ1n) is 18.3. The number of ketones is 2. The van der Waals surface area contributed by atoms with Crippen LogP contribution >= 0.6 is 12.4 Å². The van der Waals surface area contributed by atoms with Gasteiger partial charge in [-0.1, -0.05) is 92.8 Å². The number of aliphatic hydroxyl groups excluding tert-OH is 2. The number of aliphatic hydroxyl groups is 2. The van der Waals surface area contributed by atoms with Gasteiger partial charge in [0.15, 0.2) is 0 Å². The van der Waals surface area contributed by atoms with Crippen LogP contribution in [0.4, 0.5) is 0 Å². The van der Waals surface area contributed by atoms with E-state index in [4.69, 9.17) is 0 Å². The summed E-state index contributed by atoms with van der Waals surface area (Å²) in [7, 11) is 0. The highest BCUT2D eigenvalue weighted by molar-refractivity contribution is 5.85. The number of nitrogens with one attached hydrogen (secondary N) is 2. The predicted octanol–water partition coefficient (Wildman–Crippen LogP) is 7.39. The first kappa shape index (κ1) is 37.7. The number of hydrogen-bond donors (Lipinski definition) is 4. The van der Waals surface area contributed by atoms with Crippen molar-refractivity contribution in [1.82, 2.24) is 10.6 Å². The number of Topliss-reactive ketones (excluding diaryl/α,β-unsaturated/α-hetero) is 2. The molecule has 4 N–H and O–H groups in total. The van der Waals surface area contributed by atoms with E-state index < -0.39 is 12.2 Å². The Hall–Kier alpha value is -2.09. The third kappa shape index (κ3) is 10.2. The molecule has 0 radical (unpaired) electrons. The van der Waals surface area contributed by atoms with E-state index in [1.807, 2.05) is 74.5 Å². The lowest BCUT2D eigenvalue weighted by atomic mass is 9.87. The molecule has 4 aliphatic carbocycles. The van der Waals surface area contributed by atoms with Gasteiger partial charge in [0.1, 0.15) is 11.6 Å². The van der Waals surface area contributed by atoms with Crippen molar-refractivity contribution < 1.29 is 19.8 Å². The summed E-state index contributed by atoms with van der Waals surface area (Å²) in [6.45, 7) is 5.28. The fourth-order valence-electron chi connectivity index (χ4n) is 9.12. The van der Waals surface area contributed by atoms with Crippen LogP contribution in [0.3, 0.4) is 0 Å². The molecule has 0 amide bonds. The van der Waals surface area contributed by atoms with Gasteiger partial charge in [-0.05, 0) is 80.8 Å². The Morgan fingerprint density at radius 1 is 0.660 bits per heavy atom. The first-order valence-corrected chi connectivity index (χ1v) is 18.3. The zero-order valence-corrected chi connectivity index (χ0v) is 29.4. The molecule has 0 aliphatic heterocycles. The van der Waals surface area contributed by atoms with Crippen molar-refractivity contribution in [3.05, 3.63) is 71.8 Å². The van der Waals surface area contributed by atoms with Crippen molar-refractivity contribution >= 4 is 24.0 Å². The normalized spacial score (nSPS) is 28.6. The molecule has 4 aliphatic rings. The van der Waals surface area contributed by atoms with Gasteiger partial charge in [-0.3, -0.25) is 9.59 Å². The average molecular weight is 667 g/mol. The molecule has 0 saturated heterocycles. The van der Waals surface area contributed by atoms with Gasteiger partial charge in [0.2, 0.25) is 0 Å². The summed E-state index contributed by atoms with van der Waals surface area (Å²) in [6.07, 6.45) is 12.7. The Morgan fingerprint density at radius 2 is 1.13 bits per heavy atom. The van der Waals surface area contributed by atoms with E-state index in [-0.39, 0.29) is 24.5 Å². The molecule has 4 saturated carbocycles. The molecule has 260 valence electrons. The third-order valence-electron chi connectivity index (χ3n) is 11.8. The summed E-state index contributed by atoms with van der Waals surface area (Å²) in [4.78, 5) is 24.9. The van der Waals surface area contributed by atoms with E-state index in [1.165, 1.54) is 44.9 Å². The molecular weight excluding hydrogens is 608 g/mol. The molecule has 9 atom stereocenters. The van der Waals surface area contributed by atoms with Crippen LogP contribution in [-0.4, -0.2) is 47.0 Å². The number of hydrogen-bond acceptors (Lipinski definition) is 6. The van der Waals surface area contributed by atoms with Crippen molar-refractivity contribution in [3.8, 4) is 0 Å². The maximum atomic E-state index is 12.5. The van der Waals surface area contributed by atoms with Gasteiger partial charge in [0.05, 0.1) is 12.2 Å². The highest BCUT2D eigenvalue weighted by Crippen LogP contribution is 2.48. The molecule has 47 heavy (non-hydrogen) atoms. The van der Waals surface area contributed by atoms with E-state index in [0.29, 0.717) is 55.3 Å². The van der Waals surface area contributed by atoms with E-state index >= 15 is 0 Å². The van der Waals surface area contributed by atoms with E-state index in [1.54, 1.807) is 0 Å². The Morgan fingerprint density at radius 3 is 1.66 bits per heavy atom. The highest BCUT2D eigenvalue weighted by Gasteiger charge is 2.42. The predicted molar refractivity (Wildman–Crippen MR) is 191 cm³/mol. The third-order valence-corrected chi connectivity index (χ3v) is 11.8. The van der Waals surface area contributed by atoms with E-state index in [9.17, 15) is 19.8 Å². The minimum atomic E-state index is -0.531. The smallest absolute Gasteiger partial charge is 0.137 e. The second kappa shape index (κ2) is 18.6. The minimum Gasteiger partial charge on any atom is -0.387 e. The van der Waals surface area contributed by atoms with Crippen LogP contribution in [0.15, 0.2) is 60.7 Å². The molecule has 0 spiro atoms. The summed E-state index contributed by atoms with van der Waals surface area (Å²) in [5.74, 6) is 4.65. The van der Waals surface area contributed by atoms with Gasteiger partial charge in [-0.25, -0.2) is 0 Å². The number of rotatable bonds is 14. The number of halogens is 1. The highest BCUT2D eigenvalue weighted by atomic mass is 35.5. The number of fused-ring (bicyclic) bond motifs is 2. The molecule has 0 bridgehead atoms. The summed E-state index contributed by atoms with van der Waals surface area (Å²) in [6, 6.07) is 19.3. The zero-order valence-electron chi connectivity index (χ0n) is 28.6. The van der Waals surface area contributed by atoms with Gasteiger partial charge < -0.3 is 20.8 Å². The average Bonchev–Trinajstić information content (AvgIpc) is 3.88. The lowest BCUT2D eigenvalue weighted by Crippen LogP contribution is -2.34. The van der Waals surface area contributed by atoms with Crippen LogP contribution in [0.5, 0.6) is 0 Å². The fraction of sp³-hybridized carbons (Fsp3) is 0.650. The van der Waals surface area contributed by atoms with Crippen molar-refractivity contribution in [3.63, 3.8) is 0 Å². The summed E-state index contributed by atoms with van der Waals surface area (Å²) < 4.78 is 0. The Labute approximate surface area is 289 Å². The van der Waals surface area contributed by atoms with Gasteiger partial charge in [-0.15, -0.1) is 12.4 Å². The quantitative estimate of drug-likeness (QED) is 0.168. The van der Waals surface area contributed by atoms with Crippen molar-refractivity contribution in [2.24, 2.45) is 35.5 Å². The Balaban J connectivity index is 0.000000208. The number of carbonyl (C=O) groups excluding carboxylic acids is 2. The molecule has 4 fully saturated rings. The van der Waals surface area contributed by atoms with Gasteiger partial charge in [0, 0.05) is 49.9 Å². The van der Waals surface area contributed by atoms with E-state index in [0.717, 1.165) is 48.1 Å². The lowest BCUT2D eigenvalue weighted by molar-refractivity contribution is -0.124. The van der Waals surface area contributed by atoms with Crippen LogP contribution < -0.4 is 10.6 Å². The van der Waals surface area contributed by atoms with Crippen LogP contribution in [0.2, 0.25) is 0 Å². The molecule has 6 rings (SSSR count). The second-order valence-electron chi connectivity index (χ2n) is 14.8. The Kier molecular flexibility index (Phi) is 14.9. The number of benzene rings is 2. The maximum Gasteiger partial charge on any atom is 0.137 e. The summed E-state index contributed by atoms with van der Waals surface area (Å²) in [5.41, 5.74) is 1.84. The molecule has 0 aromatic heterocycles. The largest absolute Gasteiger partial charge is 0.387 e. The first-order chi connectivity index (χ1) is 22.3. The monoisotopic (exact) mass is 666 g/mol. The van der Waals surface area contributed by atoms with Crippen molar-refractivity contribution in [2.75, 3.05) is 13.1 Å². The molecule has 2 aromatic carbocycles. The van der Waals surface area contributed by atoms with Gasteiger partial charge >= 0.3 is 0 Å². The Bertz CT molecular complexity index is 1220. The molecule has 7 heteroatoms. The molecule has 0 heterocycles. The van der Waals surface area contributed by atoms with Crippen LogP contribution in [0, 0.1) is 35.5 Å². The minimum absolute atomic E-state index is 0. The van der Waals surface area contributed by atoms with Gasteiger partial charge in [-0.2, -0.15) is 0 Å². The maximum absolute atomic E-state index is 12.5. The lowest BCUT2D eigenvalue weighted by Gasteiger charge is -2.22. The topological polar surface area (TPSA) is 98.7 Å². The van der Waals surface area contributed by atoms with Gasteiger partial charge in [0.25, 0.3) is 0 Å². The van der Waals surface area contributed by atoms with E-state index in [2.05, 4.69) is 10.6 Å². The summed E-state index contributed by atoms with van der Waals surface area (Å²) >= 11 is 0. The molecule has 6 nitrogen and oxygen atoms in total. The molecular formula is C40H59ClN2O4. The standard InChI is InChI=1S/2C20H29NO2.ClH/c1-14(20(23)15-6-3-2-4-7-15)21-11-10-19(22)18-12-16-8-5-9-17(16)13-18;1-14(20(23)16-6-3-2-4-7-16)21-13-12-19(22)18-11-10-15-8-5-9-17(15)18;/h2-4,6-7,14,16-18,20-21,23H,5,8-13H2,1H3;2-4,6-7,14-15,17-18,20-21,23H,5,8-13H2,1H3;1H. The zero-order chi connectivity index (χ0) is 32.5. The number of carbonyl (C=O) groups is 2. The second-order valence-corrected chi connectivity index (χ2v) is 14.8. The SMILES string of the molecule is CC(NCCC(=O)C1CC2CCCC2C1)C(O)c1ccccc1.CC(NCCC(=O)C1CCC2CCCC21)C(O)c1ccccc1.Cl. The molecule has 9 unspecified atom stereocenters. The molecule has 2 aromatic rings. The van der Waals surface area contributed by atoms with Crippen molar-refractivity contribution in [2.45, 2.75) is 115 Å². The van der Waals surface area contributed by atoms with Crippen LogP contribution in [0.25, 0.3) is 0 Å². The van der Waals surface area contributed by atoms with Crippen LogP contribution in [-0.2, 0) is 9.59 Å².